The molecule has 0 atom stereocenters. The Bertz CT molecular complexity index is 905. The standard InChI is InChI=1S/C16H20N8O2/c1-10-14(11(2)24(20-10)16-18-21-22-19-16)17-15(25)13-6-5-12(26-13)9-23-7-3-4-8-23/h5-6H,3-4,7-9H2,1-2H3,(H,17,25)(H,18,19,21,22). The highest BCUT2D eigenvalue weighted by Gasteiger charge is 2.20. The smallest absolute Gasteiger partial charge is 0.291 e. The summed E-state index contributed by atoms with van der Waals surface area (Å²) in [5, 5.41) is 21.0. The van der Waals surface area contributed by atoms with Gasteiger partial charge in [0.15, 0.2) is 5.76 Å². The fourth-order valence-corrected chi connectivity index (χ4v) is 3.19. The minimum absolute atomic E-state index is 0.283. The van der Waals surface area contributed by atoms with E-state index in [2.05, 4.69) is 35.9 Å². The largest absolute Gasteiger partial charge is 0.455 e. The highest BCUT2D eigenvalue weighted by atomic mass is 16.4. The molecule has 1 saturated heterocycles. The second-order valence-electron chi connectivity index (χ2n) is 6.37. The van der Waals surface area contributed by atoms with E-state index in [1.807, 2.05) is 13.0 Å². The Morgan fingerprint density at radius 3 is 2.85 bits per heavy atom. The van der Waals surface area contributed by atoms with Crippen molar-refractivity contribution in [2.24, 2.45) is 0 Å². The maximum Gasteiger partial charge on any atom is 0.291 e. The van der Waals surface area contributed by atoms with Gasteiger partial charge in [0.25, 0.3) is 11.9 Å². The van der Waals surface area contributed by atoms with Crippen LogP contribution in [0, 0.1) is 13.8 Å². The van der Waals surface area contributed by atoms with Gasteiger partial charge in [0.05, 0.1) is 23.6 Å². The van der Waals surface area contributed by atoms with Gasteiger partial charge >= 0.3 is 0 Å². The first kappa shape index (κ1) is 16.5. The predicted molar refractivity (Wildman–Crippen MR) is 91.9 cm³/mol. The zero-order valence-corrected chi connectivity index (χ0v) is 14.7. The number of nitrogens with one attached hydrogen (secondary N) is 2. The summed E-state index contributed by atoms with van der Waals surface area (Å²) in [7, 11) is 0. The third-order valence-electron chi connectivity index (χ3n) is 4.52. The summed E-state index contributed by atoms with van der Waals surface area (Å²) in [4.78, 5) is 14.9. The van der Waals surface area contributed by atoms with E-state index < -0.39 is 0 Å². The molecule has 3 aromatic rings. The van der Waals surface area contributed by atoms with Crippen LogP contribution in [0.1, 0.15) is 40.5 Å². The van der Waals surface area contributed by atoms with Gasteiger partial charge in [0.2, 0.25) is 0 Å². The fraction of sp³-hybridized carbons (Fsp3) is 0.438. The van der Waals surface area contributed by atoms with Crippen LogP contribution in [-0.2, 0) is 6.54 Å². The quantitative estimate of drug-likeness (QED) is 0.710. The van der Waals surface area contributed by atoms with Crippen molar-refractivity contribution in [1.29, 1.82) is 0 Å². The number of furan rings is 1. The van der Waals surface area contributed by atoms with E-state index in [4.69, 9.17) is 4.42 Å². The molecular weight excluding hydrogens is 336 g/mol. The number of hydrogen-bond donors (Lipinski definition) is 2. The van der Waals surface area contributed by atoms with E-state index in [0.29, 0.717) is 23.0 Å². The first-order valence-corrected chi connectivity index (χ1v) is 8.54. The normalized spacial score (nSPS) is 14.8. The number of aryl methyl sites for hydroxylation is 1. The van der Waals surface area contributed by atoms with Crippen molar-refractivity contribution in [2.45, 2.75) is 33.2 Å². The van der Waals surface area contributed by atoms with Gasteiger partial charge in [-0.15, -0.1) is 5.10 Å². The fourth-order valence-electron chi connectivity index (χ4n) is 3.19. The van der Waals surface area contributed by atoms with E-state index >= 15 is 0 Å². The summed E-state index contributed by atoms with van der Waals surface area (Å²) in [5.74, 6) is 1.09. The van der Waals surface area contributed by atoms with Gasteiger partial charge in [-0.05, 0) is 57.1 Å². The Morgan fingerprint density at radius 2 is 2.12 bits per heavy atom. The van der Waals surface area contributed by atoms with E-state index in [1.165, 1.54) is 17.5 Å². The molecule has 136 valence electrons. The summed E-state index contributed by atoms with van der Waals surface area (Å²) < 4.78 is 7.24. The molecule has 26 heavy (non-hydrogen) atoms. The summed E-state index contributed by atoms with van der Waals surface area (Å²) >= 11 is 0. The maximum atomic E-state index is 12.6. The molecule has 0 unspecified atom stereocenters. The van der Waals surface area contributed by atoms with Crippen molar-refractivity contribution in [3.8, 4) is 5.95 Å². The second-order valence-corrected chi connectivity index (χ2v) is 6.37. The first-order valence-electron chi connectivity index (χ1n) is 8.54. The van der Waals surface area contributed by atoms with Crippen molar-refractivity contribution < 1.29 is 9.21 Å². The van der Waals surface area contributed by atoms with E-state index in [0.717, 1.165) is 25.4 Å². The molecule has 1 aliphatic rings. The average molecular weight is 356 g/mol. The molecule has 0 aliphatic carbocycles. The molecule has 0 radical (unpaired) electrons. The van der Waals surface area contributed by atoms with Crippen LogP contribution in [0.4, 0.5) is 5.69 Å². The molecule has 0 aromatic carbocycles. The SMILES string of the molecule is Cc1nn(-c2nn[nH]n2)c(C)c1NC(=O)c1ccc(CN2CCCC2)o1. The number of amides is 1. The van der Waals surface area contributed by atoms with Crippen LogP contribution >= 0.6 is 0 Å². The minimum Gasteiger partial charge on any atom is -0.455 e. The van der Waals surface area contributed by atoms with Gasteiger partial charge in [-0.2, -0.15) is 15.0 Å². The third-order valence-corrected chi connectivity index (χ3v) is 4.52. The van der Waals surface area contributed by atoms with Gasteiger partial charge in [-0.3, -0.25) is 9.69 Å². The van der Waals surface area contributed by atoms with Crippen molar-refractivity contribution >= 4 is 11.6 Å². The van der Waals surface area contributed by atoms with E-state index in [-0.39, 0.29) is 11.7 Å². The Labute approximate surface area is 149 Å². The molecule has 0 saturated carbocycles. The van der Waals surface area contributed by atoms with Crippen molar-refractivity contribution in [1.82, 2.24) is 35.3 Å². The van der Waals surface area contributed by atoms with Gasteiger partial charge in [-0.1, -0.05) is 5.10 Å². The molecule has 3 aromatic heterocycles. The van der Waals surface area contributed by atoms with E-state index in [9.17, 15) is 4.79 Å². The summed E-state index contributed by atoms with van der Waals surface area (Å²) in [5.41, 5.74) is 1.97. The van der Waals surface area contributed by atoms with Gasteiger partial charge in [0.1, 0.15) is 5.76 Å². The predicted octanol–water partition coefficient (Wildman–Crippen LogP) is 1.44. The number of tetrazole rings is 1. The second kappa shape index (κ2) is 6.71. The molecule has 4 heterocycles. The molecule has 0 bridgehead atoms. The lowest BCUT2D eigenvalue weighted by molar-refractivity contribution is 0.0993. The third kappa shape index (κ3) is 3.10. The lowest BCUT2D eigenvalue weighted by Crippen LogP contribution is -2.18. The lowest BCUT2D eigenvalue weighted by atomic mass is 10.3. The molecule has 1 aliphatic heterocycles. The van der Waals surface area contributed by atoms with Crippen LogP contribution in [0.15, 0.2) is 16.5 Å². The molecule has 4 rings (SSSR count). The maximum absolute atomic E-state index is 12.6. The number of aromatic nitrogens is 6. The van der Waals surface area contributed by atoms with Gasteiger partial charge in [-0.25, -0.2) is 0 Å². The number of anilines is 1. The van der Waals surface area contributed by atoms with Crippen LogP contribution in [0.5, 0.6) is 0 Å². The van der Waals surface area contributed by atoms with Crippen molar-refractivity contribution in [3.63, 3.8) is 0 Å². The number of likely N-dealkylation sites (tertiary alicyclic amines) is 1. The Kier molecular flexibility index (Phi) is 4.25. The molecule has 10 nitrogen and oxygen atoms in total. The first-order chi connectivity index (χ1) is 12.6. The van der Waals surface area contributed by atoms with Crippen LogP contribution in [-0.4, -0.2) is 54.3 Å². The molecule has 1 fully saturated rings. The van der Waals surface area contributed by atoms with Crippen LogP contribution in [0.3, 0.4) is 0 Å². The Hall–Kier alpha value is -3.01. The monoisotopic (exact) mass is 356 g/mol. The number of carbonyl (C=O) groups is 1. The number of H-pyrrole nitrogens is 1. The average Bonchev–Trinajstić information content (AvgIpc) is 3.40. The molecule has 1 amide bonds. The topological polar surface area (TPSA) is 118 Å². The Morgan fingerprint density at radius 1 is 1.31 bits per heavy atom. The molecule has 10 heteroatoms. The highest BCUT2D eigenvalue weighted by Crippen LogP contribution is 2.22. The summed E-state index contributed by atoms with van der Waals surface area (Å²) in [6.45, 7) is 6.53. The number of rotatable bonds is 5. The van der Waals surface area contributed by atoms with Crippen LogP contribution in [0.2, 0.25) is 0 Å². The molecule has 0 spiro atoms. The summed E-state index contributed by atoms with van der Waals surface area (Å²) in [6, 6.07) is 3.56. The van der Waals surface area contributed by atoms with Gasteiger partial charge < -0.3 is 9.73 Å². The summed E-state index contributed by atoms with van der Waals surface area (Å²) in [6.07, 6.45) is 2.44. The zero-order valence-electron chi connectivity index (χ0n) is 14.7. The number of nitrogens with zero attached hydrogens (tertiary/aromatic N) is 6. The Balaban J connectivity index is 1.49. The van der Waals surface area contributed by atoms with Crippen molar-refractivity contribution in [3.05, 3.63) is 35.0 Å². The molecular formula is C16H20N8O2. The van der Waals surface area contributed by atoms with Crippen molar-refractivity contribution in [2.75, 3.05) is 18.4 Å². The minimum atomic E-state index is -0.309. The number of carbonyl (C=O) groups excluding carboxylic acids is 1. The highest BCUT2D eigenvalue weighted by molar-refractivity contribution is 6.03. The number of hydrogen-bond acceptors (Lipinski definition) is 7. The van der Waals surface area contributed by atoms with E-state index in [1.54, 1.807) is 13.0 Å². The van der Waals surface area contributed by atoms with Gasteiger partial charge in [0, 0.05) is 0 Å². The lowest BCUT2D eigenvalue weighted by Gasteiger charge is -2.11. The zero-order chi connectivity index (χ0) is 18.1. The van der Waals surface area contributed by atoms with Crippen LogP contribution < -0.4 is 5.32 Å². The molecule has 2 N–H and O–H groups in total. The number of aromatic amines is 1. The van der Waals surface area contributed by atoms with Crippen LogP contribution in [0.25, 0.3) is 5.95 Å².